The van der Waals surface area contributed by atoms with Gasteiger partial charge in [-0.05, 0) is 86.0 Å². The third-order valence-electron chi connectivity index (χ3n) is 6.48. The number of benzene rings is 3. The highest BCUT2D eigenvalue weighted by atomic mass is 16.5. The zero-order chi connectivity index (χ0) is 25.4. The maximum atomic E-state index is 13.8. The Morgan fingerprint density at radius 1 is 0.944 bits per heavy atom. The lowest BCUT2D eigenvalue weighted by atomic mass is 9.97. The van der Waals surface area contributed by atoms with Crippen LogP contribution in [0.1, 0.15) is 45.8 Å². The van der Waals surface area contributed by atoms with Gasteiger partial charge in [0.25, 0.3) is 5.91 Å². The van der Waals surface area contributed by atoms with Crippen LogP contribution in [0.25, 0.3) is 11.0 Å². The molecule has 3 aromatic carbocycles. The Morgan fingerprint density at radius 2 is 1.58 bits per heavy atom. The Balaban J connectivity index is 1.70. The monoisotopic (exact) mass is 481 g/mol. The quantitative estimate of drug-likeness (QED) is 0.297. The van der Waals surface area contributed by atoms with E-state index in [0.717, 1.165) is 16.7 Å². The number of carbonyl (C=O) groups is 1. The lowest BCUT2D eigenvalue weighted by molar-refractivity contribution is 0.0971. The molecule has 0 spiro atoms. The van der Waals surface area contributed by atoms with Crippen molar-refractivity contribution in [2.24, 2.45) is 0 Å². The van der Waals surface area contributed by atoms with Gasteiger partial charge in [0, 0.05) is 5.69 Å². The van der Waals surface area contributed by atoms with Gasteiger partial charge >= 0.3 is 0 Å². The zero-order valence-corrected chi connectivity index (χ0v) is 20.5. The normalized spacial score (nSPS) is 14.7. The summed E-state index contributed by atoms with van der Waals surface area (Å²) >= 11 is 0. The number of fused-ring (bicyclic) bond motifs is 2. The number of amides is 1. The molecule has 0 bridgehead atoms. The average molecular weight is 482 g/mol. The first-order chi connectivity index (χ1) is 17.4. The van der Waals surface area contributed by atoms with E-state index in [1.807, 2.05) is 81.4 Å². The average Bonchev–Trinajstić information content (AvgIpc) is 3.17. The van der Waals surface area contributed by atoms with Crippen LogP contribution in [-0.4, -0.2) is 19.1 Å². The van der Waals surface area contributed by atoms with Crippen molar-refractivity contribution in [1.29, 1.82) is 0 Å². The van der Waals surface area contributed by atoms with Crippen molar-refractivity contribution >= 4 is 22.6 Å². The largest absolute Gasteiger partial charge is 0.494 e. The van der Waals surface area contributed by atoms with Gasteiger partial charge in [-0.1, -0.05) is 24.8 Å². The van der Waals surface area contributed by atoms with Crippen LogP contribution in [0.4, 0.5) is 5.69 Å². The smallest absolute Gasteiger partial charge is 0.295 e. The summed E-state index contributed by atoms with van der Waals surface area (Å²) in [7, 11) is 0. The highest BCUT2D eigenvalue weighted by Gasteiger charge is 2.43. The van der Waals surface area contributed by atoms with Crippen molar-refractivity contribution < 1.29 is 18.7 Å². The topological polar surface area (TPSA) is 69.0 Å². The van der Waals surface area contributed by atoms with Crippen LogP contribution < -0.4 is 19.8 Å². The fourth-order valence-electron chi connectivity index (χ4n) is 4.58. The summed E-state index contributed by atoms with van der Waals surface area (Å²) < 4.78 is 17.3. The van der Waals surface area contributed by atoms with Crippen molar-refractivity contribution in [3.8, 4) is 11.5 Å². The molecule has 6 heteroatoms. The second-order valence-electron chi connectivity index (χ2n) is 8.78. The van der Waals surface area contributed by atoms with E-state index >= 15 is 0 Å². The molecule has 1 aliphatic heterocycles. The van der Waals surface area contributed by atoms with Gasteiger partial charge in [0.05, 0.1) is 23.6 Å². The molecule has 0 radical (unpaired) electrons. The van der Waals surface area contributed by atoms with Crippen LogP contribution in [-0.2, 0) is 0 Å². The minimum atomic E-state index is -0.652. The molecule has 1 aromatic heterocycles. The van der Waals surface area contributed by atoms with Gasteiger partial charge in [-0.2, -0.15) is 0 Å². The molecule has 0 saturated heterocycles. The summed E-state index contributed by atoms with van der Waals surface area (Å²) in [5, 5.41) is 0.467. The molecule has 1 amide bonds. The number of ether oxygens (including phenoxy) is 2. The highest BCUT2D eigenvalue weighted by Crippen LogP contribution is 2.42. The fraction of sp³-hybridized carbons (Fsp3) is 0.200. The van der Waals surface area contributed by atoms with Crippen LogP contribution in [0.15, 0.2) is 82.5 Å². The summed E-state index contributed by atoms with van der Waals surface area (Å²) in [5.41, 5.74) is 3.95. The molecule has 1 atom stereocenters. The van der Waals surface area contributed by atoms with Crippen molar-refractivity contribution in [2.45, 2.75) is 26.8 Å². The summed E-state index contributed by atoms with van der Waals surface area (Å²) in [6.45, 7) is 10.4. The maximum absolute atomic E-state index is 13.8. The molecule has 0 saturated carbocycles. The van der Waals surface area contributed by atoms with Gasteiger partial charge in [-0.25, -0.2) is 0 Å². The lowest BCUT2D eigenvalue weighted by Gasteiger charge is -2.25. The third-order valence-corrected chi connectivity index (χ3v) is 6.48. The predicted molar refractivity (Wildman–Crippen MR) is 140 cm³/mol. The van der Waals surface area contributed by atoms with Crippen LogP contribution in [0, 0.1) is 13.8 Å². The Bertz CT molecular complexity index is 1520. The van der Waals surface area contributed by atoms with E-state index in [2.05, 4.69) is 6.58 Å². The summed E-state index contributed by atoms with van der Waals surface area (Å²) in [5.74, 6) is 1.09. The minimum Gasteiger partial charge on any atom is -0.494 e. The molecule has 1 unspecified atom stereocenters. The first-order valence-electron chi connectivity index (χ1n) is 11.9. The predicted octanol–water partition coefficient (Wildman–Crippen LogP) is 6.12. The summed E-state index contributed by atoms with van der Waals surface area (Å²) in [6.07, 6.45) is 1.67. The van der Waals surface area contributed by atoms with Crippen LogP contribution in [0.3, 0.4) is 0 Å². The van der Waals surface area contributed by atoms with E-state index in [1.165, 1.54) is 0 Å². The van der Waals surface area contributed by atoms with E-state index in [9.17, 15) is 9.59 Å². The number of hydrogen-bond acceptors (Lipinski definition) is 5. The number of aryl methyl sites for hydroxylation is 2. The number of hydrogen-bond donors (Lipinski definition) is 0. The lowest BCUT2D eigenvalue weighted by Crippen LogP contribution is -2.29. The van der Waals surface area contributed by atoms with Gasteiger partial charge in [-0.15, -0.1) is 0 Å². The van der Waals surface area contributed by atoms with Gasteiger partial charge in [-0.3, -0.25) is 14.5 Å². The molecule has 5 rings (SSSR count). The van der Waals surface area contributed by atoms with Gasteiger partial charge in [0.2, 0.25) is 5.76 Å². The molecule has 1 aliphatic rings. The molecule has 182 valence electrons. The molecule has 6 nitrogen and oxygen atoms in total. The molecule has 0 N–H and O–H groups in total. The number of rotatable bonds is 7. The van der Waals surface area contributed by atoms with Crippen molar-refractivity contribution in [3.63, 3.8) is 0 Å². The summed E-state index contributed by atoms with van der Waals surface area (Å²) in [4.78, 5) is 29.2. The van der Waals surface area contributed by atoms with Crippen LogP contribution >= 0.6 is 0 Å². The highest BCUT2D eigenvalue weighted by molar-refractivity contribution is 6.10. The second kappa shape index (κ2) is 9.38. The first kappa shape index (κ1) is 23.4. The Morgan fingerprint density at radius 3 is 2.25 bits per heavy atom. The number of nitrogens with zero attached hydrogens (tertiary/aromatic N) is 1. The maximum Gasteiger partial charge on any atom is 0.295 e. The van der Waals surface area contributed by atoms with E-state index in [4.69, 9.17) is 13.9 Å². The molecular weight excluding hydrogens is 454 g/mol. The molecule has 4 aromatic rings. The number of carbonyl (C=O) groups excluding carboxylic acids is 1. The van der Waals surface area contributed by atoms with E-state index in [1.54, 1.807) is 11.0 Å². The molecule has 36 heavy (non-hydrogen) atoms. The minimum absolute atomic E-state index is 0.0709. The fourth-order valence-corrected chi connectivity index (χ4v) is 4.58. The first-order valence-corrected chi connectivity index (χ1v) is 11.9. The standard InChI is InChI=1S/C30H27NO5/c1-5-15-35-23-11-7-20(8-12-23)27-26-28(32)24-16-18(3)19(4)17-25(24)36-29(26)30(33)31(27)21-9-13-22(14-10-21)34-6-2/h5,7-14,16-17,27H,1,6,15H2,2-4H3. The Labute approximate surface area is 209 Å². The van der Waals surface area contributed by atoms with Crippen molar-refractivity contribution in [3.05, 3.63) is 112 Å². The van der Waals surface area contributed by atoms with Crippen molar-refractivity contribution in [2.75, 3.05) is 18.1 Å². The summed E-state index contributed by atoms with van der Waals surface area (Å²) in [6, 6.07) is 17.7. The molecule has 2 heterocycles. The van der Waals surface area contributed by atoms with Gasteiger partial charge < -0.3 is 13.9 Å². The van der Waals surface area contributed by atoms with Crippen molar-refractivity contribution in [1.82, 2.24) is 0 Å². The number of anilines is 1. The van der Waals surface area contributed by atoms with E-state index in [0.29, 0.717) is 46.9 Å². The van der Waals surface area contributed by atoms with Gasteiger partial charge in [0.15, 0.2) is 5.43 Å². The van der Waals surface area contributed by atoms with E-state index in [-0.39, 0.29) is 17.1 Å². The third kappa shape index (κ3) is 3.94. The van der Waals surface area contributed by atoms with Crippen LogP contribution in [0.5, 0.6) is 11.5 Å². The van der Waals surface area contributed by atoms with Crippen LogP contribution in [0.2, 0.25) is 0 Å². The second-order valence-corrected chi connectivity index (χ2v) is 8.78. The zero-order valence-electron chi connectivity index (χ0n) is 20.5. The Kier molecular flexibility index (Phi) is 6.10. The SMILES string of the molecule is C=CCOc1ccc(C2c3c(oc4cc(C)c(C)cc4c3=O)C(=O)N2c2ccc(OCC)cc2)cc1. The Hall–Kier alpha value is -4.32. The molecule has 0 fully saturated rings. The molecular formula is C30H27NO5. The van der Waals surface area contributed by atoms with Gasteiger partial charge in [0.1, 0.15) is 23.7 Å². The van der Waals surface area contributed by atoms with E-state index < -0.39 is 6.04 Å². The molecule has 0 aliphatic carbocycles.